The third-order valence-corrected chi connectivity index (χ3v) is 4.72. The van der Waals surface area contributed by atoms with Crippen molar-refractivity contribution in [3.63, 3.8) is 0 Å². The second-order valence-electron chi connectivity index (χ2n) is 5.72. The number of thioether (sulfide) groups is 1. The van der Waals surface area contributed by atoms with Gasteiger partial charge in [-0.25, -0.2) is 9.78 Å². The van der Waals surface area contributed by atoms with E-state index in [1.54, 1.807) is 12.1 Å². The normalized spacial score (nSPS) is 10.7. The number of rotatable bonds is 7. The van der Waals surface area contributed by atoms with Crippen LogP contribution in [0.15, 0.2) is 70.5 Å². The Bertz CT molecular complexity index is 1030. The van der Waals surface area contributed by atoms with Crippen LogP contribution in [-0.4, -0.2) is 31.3 Å². The Balaban J connectivity index is 1.31. The number of nitrogens with zero attached hydrogens (tertiary/aromatic N) is 4. The summed E-state index contributed by atoms with van der Waals surface area (Å²) in [6.45, 7) is -0.0816. The highest BCUT2D eigenvalue weighted by atomic mass is 32.2. The molecule has 28 heavy (non-hydrogen) atoms. The lowest BCUT2D eigenvalue weighted by Crippen LogP contribution is -2.05. The van der Waals surface area contributed by atoms with Crippen molar-refractivity contribution < 1.29 is 13.9 Å². The molecule has 0 spiro atoms. The molecular formula is C19H15N5O3S. The van der Waals surface area contributed by atoms with E-state index in [0.717, 1.165) is 22.0 Å². The number of aromatic nitrogens is 5. The summed E-state index contributed by atoms with van der Waals surface area (Å²) in [4.78, 5) is 16.3. The highest BCUT2D eigenvalue weighted by molar-refractivity contribution is 7.98. The summed E-state index contributed by atoms with van der Waals surface area (Å²) in [6.07, 6.45) is 1.47. The van der Waals surface area contributed by atoms with Crippen molar-refractivity contribution in [2.24, 2.45) is 0 Å². The molecule has 4 aromatic rings. The number of benzene rings is 2. The van der Waals surface area contributed by atoms with Crippen LogP contribution < -0.4 is 0 Å². The van der Waals surface area contributed by atoms with Crippen molar-refractivity contribution in [1.29, 1.82) is 0 Å². The molecule has 0 aliphatic carbocycles. The molecular weight excluding hydrogens is 378 g/mol. The second-order valence-corrected chi connectivity index (χ2v) is 6.68. The monoisotopic (exact) mass is 393 g/mol. The van der Waals surface area contributed by atoms with Crippen LogP contribution in [-0.2, 0) is 17.1 Å². The first-order chi connectivity index (χ1) is 13.8. The molecule has 0 saturated heterocycles. The number of aromatic amines is 1. The Morgan fingerprint density at radius 3 is 2.64 bits per heavy atom. The maximum absolute atomic E-state index is 12.2. The fourth-order valence-corrected chi connectivity index (χ4v) is 3.11. The Kier molecular flexibility index (Phi) is 5.43. The molecule has 140 valence electrons. The summed E-state index contributed by atoms with van der Waals surface area (Å²) < 4.78 is 10.8. The number of carbonyl (C=O) groups excluding carboxylic acids is 1. The van der Waals surface area contributed by atoms with Crippen LogP contribution in [0, 0.1) is 0 Å². The van der Waals surface area contributed by atoms with Crippen LogP contribution in [0.1, 0.15) is 21.8 Å². The second kappa shape index (κ2) is 8.49. The van der Waals surface area contributed by atoms with Crippen molar-refractivity contribution in [1.82, 2.24) is 25.4 Å². The van der Waals surface area contributed by atoms with Gasteiger partial charge in [0.1, 0.15) is 6.33 Å². The fraction of sp³-hybridized carbons (Fsp3) is 0.105. The number of H-pyrrole nitrogens is 1. The van der Waals surface area contributed by atoms with Crippen LogP contribution in [0.4, 0.5) is 0 Å². The van der Waals surface area contributed by atoms with Crippen molar-refractivity contribution in [2.75, 3.05) is 0 Å². The van der Waals surface area contributed by atoms with Gasteiger partial charge in [0.25, 0.3) is 5.89 Å². The Hall–Kier alpha value is -3.46. The fourth-order valence-electron chi connectivity index (χ4n) is 2.37. The van der Waals surface area contributed by atoms with Gasteiger partial charge in [-0.1, -0.05) is 42.1 Å². The van der Waals surface area contributed by atoms with Gasteiger partial charge in [0.2, 0.25) is 5.89 Å². The summed E-state index contributed by atoms with van der Waals surface area (Å²) in [6, 6.07) is 16.6. The minimum absolute atomic E-state index is 0.0816. The molecule has 0 fully saturated rings. The summed E-state index contributed by atoms with van der Waals surface area (Å²) in [5.74, 6) is 0.899. The topological polar surface area (TPSA) is 107 Å². The van der Waals surface area contributed by atoms with E-state index in [-0.39, 0.29) is 12.5 Å². The summed E-state index contributed by atoms with van der Waals surface area (Å²) in [5.41, 5.74) is 2.32. The lowest BCUT2D eigenvalue weighted by Gasteiger charge is -2.04. The largest absolute Gasteiger partial charge is 0.452 e. The van der Waals surface area contributed by atoms with Crippen LogP contribution in [0.3, 0.4) is 0 Å². The number of hydrogen-bond acceptors (Lipinski definition) is 8. The van der Waals surface area contributed by atoms with Crippen molar-refractivity contribution in [2.45, 2.75) is 17.5 Å². The predicted molar refractivity (Wildman–Crippen MR) is 101 cm³/mol. The molecule has 8 nitrogen and oxygen atoms in total. The average Bonchev–Trinajstić information content (AvgIpc) is 3.44. The number of hydrogen-bond donors (Lipinski definition) is 1. The minimum Gasteiger partial charge on any atom is -0.452 e. The molecule has 0 saturated carbocycles. The van der Waals surface area contributed by atoms with Gasteiger partial charge in [-0.2, -0.15) is 5.10 Å². The quantitative estimate of drug-likeness (QED) is 0.375. The van der Waals surface area contributed by atoms with Gasteiger partial charge < -0.3 is 9.15 Å². The van der Waals surface area contributed by atoms with Gasteiger partial charge in [-0.05, 0) is 29.8 Å². The molecule has 0 aliphatic rings. The van der Waals surface area contributed by atoms with Gasteiger partial charge in [0.15, 0.2) is 11.8 Å². The maximum atomic E-state index is 12.2. The first kappa shape index (κ1) is 17.9. The van der Waals surface area contributed by atoms with E-state index >= 15 is 0 Å². The van der Waals surface area contributed by atoms with Crippen LogP contribution in [0.2, 0.25) is 0 Å². The molecule has 0 amide bonds. The zero-order valence-electron chi connectivity index (χ0n) is 14.6. The van der Waals surface area contributed by atoms with Crippen molar-refractivity contribution >= 4 is 17.7 Å². The molecule has 2 aromatic carbocycles. The minimum atomic E-state index is -0.450. The van der Waals surface area contributed by atoms with Crippen molar-refractivity contribution in [3.05, 3.63) is 77.9 Å². The first-order valence-corrected chi connectivity index (χ1v) is 9.38. The third-order valence-electron chi connectivity index (χ3n) is 3.77. The molecule has 0 aliphatic heterocycles. The van der Waals surface area contributed by atoms with E-state index in [2.05, 4.69) is 25.4 Å². The predicted octanol–water partition coefficient (Wildman–Crippen LogP) is 3.50. The molecule has 2 aromatic heterocycles. The molecule has 0 atom stereocenters. The molecule has 0 bridgehead atoms. The smallest absolute Gasteiger partial charge is 0.338 e. The van der Waals surface area contributed by atoms with Crippen LogP contribution in [0.25, 0.3) is 11.5 Å². The zero-order valence-corrected chi connectivity index (χ0v) is 15.4. The lowest BCUT2D eigenvalue weighted by atomic mass is 10.1. The van der Waals surface area contributed by atoms with E-state index in [4.69, 9.17) is 9.15 Å². The van der Waals surface area contributed by atoms with Gasteiger partial charge in [-0.3, -0.25) is 5.10 Å². The van der Waals surface area contributed by atoms with Crippen molar-refractivity contribution in [3.8, 4) is 11.5 Å². The van der Waals surface area contributed by atoms with E-state index in [1.807, 2.05) is 42.5 Å². The average molecular weight is 393 g/mol. The van der Waals surface area contributed by atoms with E-state index in [1.165, 1.54) is 18.1 Å². The number of ether oxygens (including phenoxy) is 1. The van der Waals surface area contributed by atoms with Gasteiger partial charge in [0.05, 0.1) is 5.56 Å². The molecule has 0 radical (unpaired) electrons. The third kappa shape index (κ3) is 4.44. The Morgan fingerprint density at radius 1 is 1.07 bits per heavy atom. The molecule has 2 heterocycles. The SMILES string of the molecule is O=C(OCc1nnc(-c2ccccc2)o1)c1ccc(CSc2ncn[nH]2)cc1. The van der Waals surface area contributed by atoms with Gasteiger partial charge in [0, 0.05) is 11.3 Å². The zero-order chi connectivity index (χ0) is 19.2. The molecule has 1 N–H and O–H groups in total. The molecule has 4 rings (SSSR count). The standard InChI is InChI=1S/C19H15N5O3S/c25-18(15-8-6-13(7-9-15)11-28-19-20-12-21-24-19)26-10-16-22-23-17(27-16)14-4-2-1-3-5-14/h1-9,12H,10-11H2,(H,20,21,24). The first-order valence-electron chi connectivity index (χ1n) is 8.40. The Morgan fingerprint density at radius 2 is 1.89 bits per heavy atom. The lowest BCUT2D eigenvalue weighted by molar-refractivity contribution is 0.0438. The van der Waals surface area contributed by atoms with E-state index in [9.17, 15) is 4.79 Å². The number of nitrogens with one attached hydrogen (secondary N) is 1. The molecule has 9 heteroatoms. The summed E-state index contributed by atoms with van der Waals surface area (Å²) in [7, 11) is 0. The van der Waals surface area contributed by atoms with Gasteiger partial charge in [-0.15, -0.1) is 10.2 Å². The van der Waals surface area contributed by atoms with E-state index < -0.39 is 5.97 Å². The summed E-state index contributed by atoms with van der Waals surface area (Å²) in [5, 5.41) is 15.2. The van der Waals surface area contributed by atoms with Crippen LogP contribution in [0.5, 0.6) is 0 Å². The Labute approximate surface area is 164 Å². The maximum Gasteiger partial charge on any atom is 0.338 e. The number of esters is 1. The summed E-state index contributed by atoms with van der Waals surface area (Å²) >= 11 is 1.53. The number of carbonyl (C=O) groups is 1. The highest BCUT2D eigenvalue weighted by Crippen LogP contribution is 2.19. The van der Waals surface area contributed by atoms with E-state index in [0.29, 0.717) is 11.5 Å². The van der Waals surface area contributed by atoms with Gasteiger partial charge >= 0.3 is 5.97 Å². The highest BCUT2D eigenvalue weighted by Gasteiger charge is 2.12. The van der Waals surface area contributed by atoms with Crippen LogP contribution >= 0.6 is 11.8 Å². The molecule has 0 unspecified atom stereocenters.